The minimum atomic E-state index is 0.00948. The van der Waals surface area contributed by atoms with Crippen LogP contribution in [-0.4, -0.2) is 24.2 Å². The van der Waals surface area contributed by atoms with E-state index in [-0.39, 0.29) is 12.5 Å². The van der Waals surface area contributed by atoms with Crippen LogP contribution in [0.3, 0.4) is 0 Å². The minimum absolute atomic E-state index is 0.00948. The molecule has 1 aromatic heterocycles. The summed E-state index contributed by atoms with van der Waals surface area (Å²) in [6.07, 6.45) is 2.87. The van der Waals surface area contributed by atoms with Crippen LogP contribution in [0.5, 0.6) is 0 Å². The molecule has 1 rings (SSSR count). The van der Waals surface area contributed by atoms with E-state index in [0.717, 1.165) is 24.1 Å². The van der Waals surface area contributed by atoms with Crippen LogP contribution in [-0.2, 0) is 6.42 Å². The average molecular weight is 269 g/mol. The highest BCUT2D eigenvalue weighted by Crippen LogP contribution is 2.22. The van der Waals surface area contributed by atoms with Crippen molar-refractivity contribution in [2.45, 2.75) is 40.0 Å². The van der Waals surface area contributed by atoms with E-state index in [0.29, 0.717) is 12.5 Å². The molecule has 18 heavy (non-hydrogen) atoms. The van der Waals surface area contributed by atoms with Crippen LogP contribution in [0.15, 0.2) is 6.07 Å². The summed E-state index contributed by atoms with van der Waals surface area (Å²) in [4.78, 5) is 14.0. The Balaban J connectivity index is 2.53. The summed E-state index contributed by atoms with van der Waals surface area (Å²) in [5, 5.41) is 11.7. The number of amides is 1. The van der Waals surface area contributed by atoms with Gasteiger partial charge >= 0.3 is 0 Å². The maximum atomic E-state index is 12.0. The van der Waals surface area contributed by atoms with Crippen molar-refractivity contribution in [3.05, 3.63) is 21.4 Å². The predicted octanol–water partition coefficient (Wildman–Crippen LogP) is 2.76. The van der Waals surface area contributed by atoms with Gasteiger partial charge in [0, 0.05) is 18.0 Å². The van der Waals surface area contributed by atoms with Gasteiger partial charge in [-0.15, -0.1) is 11.3 Å². The Morgan fingerprint density at radius 3 is 2.89 bits per heavy atom. The van der Waals surface area contributed by atoms with Crippen LogP contribution < -0.4 is 5.32 Å². The Labute approximate surface area is 113 Å². The first-order chi connectivity index (χ1) is 8.58. The molecule has 1 unspecified atom stereocenters. The van der Waals surface area contributed by atoms with Gasteiger partial charge < -0.3 is 10.4 Å². The third-order valence-corrected chi connectivity index (χ3v) is 4.09. The third kappa shape index (κ3) is 4.42. The lowest BCUT2D eigenvalue weighted by Gasteiger charge is -2.10. The van der Waals surface area contributed by atoms with Crippen molar-refractivity contribution < 1.29 is 9.90 Å². The molecule has 0 aromatic carbocycles. The number of rotatable bonds is 7. The maximum absolute atomic E-state index is 12.0. The molecule has 0 radical (unpaired) electrons. The molecule has 0 aliphatic heterocycles. The van der Waals surface area contributed by atoms with Crippen molar-refractivity contribution in [1.29, 1.82) is 0 Å². The number of aliphatic hydroxyl groups excluding tert-OH is 1. The van der Waals surface area contributed by atoms with Gasteiger partial charge in [0.05, 0.1) is 4.88 Å². The van der Waals surface area contributed by atoms with E-state index in [1.807, 2.05) is 13.0 Å². The van der Waals surface area contributed by atoms with Gasteiger partial charge in [-0.2, -0.15) is 0 Å². The minimum Gasteiger partial charge on any atom is -0.396 e. The molecule has 1 heterocycles. The zero-order valence-electron chi connectivity index (χ0n) is 11.5. The molecular weight excluding hydrogens is 246 g/mol. The van der Waals surface area contributed by atoms with Crippen LogP contribution in [0.1, 0.15) is 46.8 Å². The molecule has 0 fully saturated rings. The third-order valence-electron chi connectivity index (χ3n) is 3.00. The fourth-order valence-corrected chi connectivity index (χ4v) is 2.81. The summed E-state index contributed by atoms with van der Waals surface area (Å²) in [6.45, 7) is 7.04. The molecule has 3 nitrogen and oxygen atoms in total. The normalized spacial score (nSPS) is 12.4. The molecule has 1 aromatic rings. The Hall–Kier alpha value is -0.870. The van der Waals surface area contributed by atoms with Gasteiger partial charge in [0.25, 0.3) is 5.91 Å². The second-order valence-corrected chi connectivity index (χ2v) is 6.03. The monoisotopic (exact) mass is 269 g/mol. The van der Waals surface area contributed by atoms with Gasteiger partial charge in [0.2, 0.25) is 0 Å². The largest absolute Gasteiger partial charge is 0.396 e. The van der Waals surface area contributed by atoms with E-state index in [1.165, 1.54) is 10.4 Å². The highest BCUT2D eigenvalue weighted by Gasteiger charge is 2.12. The summed E-state index contributed by atoms with van der Waals surface area (Å²) in [6, 6.07) is 2.01. The van der Waals surface area contributed by atoms with Crippen molar-refractivity contribution in [3.63, 3.8) is 0 Å². The highest BCUT2D eigenvalue weighted by molar-refractivity contribution is 7.14. The van der Waals surface area contributed by atoms with Crippen LogP contribution >= 0.6 is 11.3 Å². The first kappa shape index (κ1) is 15.2. The van der Waals surface area contributed by atoms with E-state index in [4.69, 9.17) is 5.11 Å². The zero-order chi connectivity index (χ0) is 13.5. The smallest absolute Gasteiger partial charge is 0.261 e. The lowest BCUT2D eigenvalue weighted by molar-refractivity contribution is 0.0949. The Bertz CT molecular complexity index is 387. The number of hydrogen-bond donors (Lipinski definition) is 2. The van der Waals surface area contributed by atoms with E-state index in [1.54, 1.807) is 11.3 Å². The van der Waals surface area contributed by atoms with Gasteiger partial charge in [0.1, 0.15) is 0 Å². The fraction of sp³-hybridized carbons (Fsp3) is 0.643. The number of carbonyl (C=O) groups is 1. The van der Waals surface area contributed by atoms with E-state index < -0.39 is 0 Å². The van der Waals surface area contributed by atoms with Gasteiger partial charge in [-0.05, 0) is 37.3 Å². The van der Waals surface area contributed by atoms with E-state index in [9.17, 15) is 4.79 Å². The molecule has 0 saturated carbocycles. The molecule has 2 N–H and O–H groups in total. The van der Waals surface area contributed by atoms with Crippen molar-refractivity contribution in [2.75, 3.05) is 13.2 Å². The first-order valence-corrected chi connectivity index (χ1v) is 7.38. The van der Waals surface area contributed by atoms with Crippen LogP contribution in [0, 0.1) is 12.8 Å². The van der Waals surface area contributed by atoms with Gasteiger partial charge in [-0.25, -0.2) is 0 Å². The number of nitrogens with one attached hydrogen (secondary N) is 1. The molecule has 1 atom stereocenters. The predicted molar refractivity (Wildman–Crippen MR) is 76.3 cm³/mol. The lowest BCUT2D eigenvalue weighted by Crippen LogP contribution is -2.28. The van der Waals surface area contributed by atoms with Crippen molar-refractivity contribution in [1.82, 2.24) is 5.32 Å². The highest BCUT2D eigenvalue weighted by atomic mass is 32.1. The van der Waals surface area contributed by atoms with Crippen molar-refractivity contribution in [2.24, 2.45) is 5.92 Å². The lowest BCUT2D eigenvalue weighted by atomic mass is 10.1. The number of carbonyl (C=O) groups excluding carboxylic acids is 1. The fourth-order valence-electron chi connectivity index (χ4n) is 1.83. The molecule has 102 valence electrons. The van der Waals surface area contributed by atoms with Gasteiger partial charge in [-0.3, -0.25) is 4.79 Å². The number of thiophene rings is 1. The Morgan fingerprint density at radius 1 is 1.56 bits per heavy atom. The Morgan fingerprint density at radius 2 is 2.28 bits per heavy atom. The van der Waals surface area contributed by atoms with Gasteiger partial charge in [-0.1, -0.05) is 20.3 Å². The molecule has 0 aliphatic carbocycles. The molecular formula is C14H23NO2S. The quantitative estimate of drug-likeness (QED) is 0.799. The first-order valence-electron chi connectivity index (χ1n) is 6.56. The van der Waals surface area contributed by atoms with Crippen LogP contribution in [0.2, 0.25) is 0 Å². The van der Waals surface area contributed by atoms with E-state index >= 15 is 0 Å². The second kappa shape index (κ2) is 7.54. The van der Waals surface area contributed by atoms with Gasteiger partial charge in [0.15, 0.2) is 0 Å². The maximum Gasteiger partial charge on any atom is 0.261 e. The SMILES string of the molecule is CCCc1cc(C(=O)NCC(C)CCO)sc1C. The standard InChI is InChI=1S/C14H23NO2S/c1-4-5-12-8-13(18-11(12)3)14(17)15-9-10(2)6-7-16/h8,10,16H,4-7,9H2,1-3H3,(H,15,17). The molecule has 1 amide bonds. The second-order valence-electron chi connectivity index (χ2n) is 4.77. The molecule has 0 spiro atoms. The summed E-state index contributed by atoms with van der Waals surface area (Å²) >= 11 is 1.57. The average Bonchev–Trinajstić information content (AvgIpc) is 2.69. The summed E-state index contributed by atoms with van der Waals surface area (Å²) < 4.78 is 0. The Kier molecular flexibility index (Phi) is 6.36. The summed E-state index contributed by atoms with van der Waals surface area (Å²) in [5.74, 6) is 0.324. The number of aryl methyl sites for hydroxylation is 2. The molecule has 0 aliphatic rings. The van der Waals surface area contributed by atoms with Crippen LogP contribution in [0.4, 0.5) is 0 Å². The summed E-state index contributed by atoms with van der Waals surface area (Å²) in [5.41, 5.74) is 1.29. The van der Waals surface area contributed by atoms with Crippen molar-refractivity contribution >= 4 is 17.2 Å². The molecule has 4 heteroatoms. The van der Waals surface area contributed by atoms with Crippen molar-refractivity contribution in [3.8, 4) is 0 Å². The zero-order valence-corrected chi connectivity index (χ0v) is 12.3. The number of hydrogen-bond acceptors (Lipinski definition) is 3. The van der Waals surface area contributed by atoms with Crippen LogP contribution in [0.25, 0.3) is 0 Å². The molecule has 0 bridgehead atoms. The summed E-state index contributed by atoms with van der Waals surface area (Å²) in [7, 11) is 0. The topological polar surface area (TPSA) is 49.3 Å². The van der Waals surface area contributed by atoms with E-state index in [2.05, 4.69) is 19.2 Å². The molecule has 0 saturated heterocycles. The number of aliphatic hydroxyl groups is 1.